The van der Waals surface area contributed by atoms with Crippen LogP contribution in [0.2, 0.25) is 0 Å². The summed E-state index contributed by atoms with van der Waals surface area (Å²) in [4.78, 5) is 37.1. The summed E-state index contributed by atoms with van der Waals surface area (Å²) < 4.78 is 5.52. The molecule has 0 aromatic heterocycles. The molecule has 2 aliphatic carbocycles. The molecule has 1 unspecified atom stereocenters. The summed E-state index contributed by atoms with van der Waals surface area (Å²) in [7, 11) is 0. The SMILES string of the molecule is CCC1(NC(=O)C(CC(=O)O)NC(=O)OCC2c3ccccc3-c3ccccc32)CCCCC1. The number of fused-ring (bicyclic) bond motifs is 3. The highest BCUT2D eigenvalue weighted by Crippen LogP contribution is 2.44. The molecule has 0 aliphatic heterocycles. The van der Waals surface area contributed by atoms with Crippen molar-refractivity contribution < 1.29 is 24.2 Å². The average molecular weight is 465 g/mol. The number of nitrogens with one attached hydrogen (secondary N) is 2. The van der Waals surface area contributed by atoms with Gasteiger partial charge in [0.2, 0.25) is 5.91 Å². The van der Waals surface area contributed by atoms with Crippen LogP contribution in [0, 0.1) is 0 Å². The van der Waals surface area contributed by atoms with Crippen molar-refractivity contribution >= 4 is 18.0 Å². The smallest absolute Gasteiger partial charge is 0.407 e. The van der Waals surface area contributed by atoms with Gasteiger partial charge in [0.05, 0.1) is 6.42 Å². The van der Waals surface area contributed by atoms with Gasteiger partial charge in [-0.05, 0) is 41.5 Å². The number of hydrogen-bond acceptors (Lipinski definition) is 4. The van der Waals surface area contributed by atoms with Crippen LogP contribution < -0.4 is 10.6 Å². The van der Waals surface area contributed by atoms with Gasteiger partial charge >= 0.3 is 12.1 Å². The maximum Gasteiger partial charge on any atom is 0.407 e. The Hall–Kier alpha value is -3.35. The molecule has 2 amide bonds. The number of amides is 2. The Kier molecular flexibility index (Phi) is 7.20. The summed E-state index contributed by atoms with van der Waals surface area (Å²) in [5.41, 5.74) is 4.06. The summed E-state index contributed by atoms with van der Waals surface area (Å²) in [6.07, 6.45) is 4.38. The van der Waals surface area contributed by atoms with Crippen molar-refractivity contribution in [1.29, 1.82) is 0 Å². The molecule has 0 heterocycles. The Balaban J connectivity index is 1.42. The highest BCUT2D eigenvalue weighted by Gasteiger charge is 2.35. The second kappa shape index (κ2) is 10.3. The quantitative estimate of drug-likeness (QED) is 0.530. The second-order valence-corrected chi connectivity index (χ2v) is 9.30. The standard InChI is InChI=1S/C27H32N2O5/c1-2-27(14-8-3-9-15-27)29-25(32)23(16-24(30)31)28-26(33)34-17-22-20-12-6-4-10-18(20)19-11-5-7-13-21(19)22/h4-7,10-13,22-23H,2-3,8-9,14-17H2,1H3,(H,28,33)(H,29,32)(H,30,31). The Morgan fingerprint density at radius 3 is 2.15 bits per heavy atom. The number of aliphatic carboxylic acids is 1. The molecular formula is C27H32N2O5. The summed E-state index contributed by atoms with van der Waals surface area (Å²) in [6, 6.07) is 14.8. The maximum absolute atomic E-state index is 13.0. The van der Waals surface area contributed by atoms with Gasteiger partial charge in [-0.15, -0.1) is 0 Å². The third kappa shape index (κ3) is 5.08. The normalized spacial score (nSPS) is 17.2. The maximum atomic E-state index is 13.0. The van der Waals surface area contributed by atoms with Crippen molar-refractivity contribution in [3.05, 3.63) is 59.7 Å². The van der Waals surface area contributed by atoms with Crippen LogP contribution in [0.5, 0.6) is 0 Å². The zero-order valence-electron chi connectivity index (χ0n) is 19.5. The van der Waals surface area contributed by atoms with Crippen molar-refractivity contribution in [3.63, 3.8) is 0 Å². The molecule has 3 N–H and O–H groups in total. The molecule has 1 saturated carbocycles. The molecule has 0 bridgehead atoms. The predicted octanol–water partition coefficient (Wildman–Crippen LogP) is 4.60. The third-order valence-corrected chi connectivity index (χ3v) is 7.21. The second-order valence-electron chi connectivity index (χ2n) is 9.30. The molecular weight excluding hydrogens is 432 g/mol. The van der Waals surface area contributed by atoms with Crippen LogP contribution in [-0.4, -0.2) is 41.3 Å². The van der Waals surface area contributed by atoms with Gasteiger partial charge in [-0.1, -0.05) is 74.7 Å². The van der Waals surface area contributed by atoms with Crippen LogP contribution in [-0.2, 0) is 14.3 Å². The number of carbonyl (C=O) groups is 3. The topological polar surface area (TPSA) is 105 Å². The highest BCUT2D eigenvalue weighted by atomic mass is 16.5. The molecule has 2 aromatic carbocycles. The van der Waals surface area contributed by atoms with Crippen molar-refractivity contribution in [1.82, 2.24) is 10.6 Å². The van der Waals surface area contributed by atoms with Crippen LogP contribution >= 0.6 is 0 Å². The van der Waals surface area contributed by atoms with Crippen molar-refractivity contribution in [3.8, 4) is 11.1 Å². The largest absolute Gasteiger partial charge is 0.481 e. The number of carboxylic acid groups (broad SMARTS) is 1. The first-order valence-electron chi connectivity index (χ1n) is 12.1. The Morgan fingerprint density at radius 1 is 1.00 bits per heavy atom. The molecule has 0 saturated heterocycles. The third-order valence-electron chi connectivity index (χ3n) is 7.21. The van der Waals surface area contributed by atoms with Gasteiger partial charge in [-0.3, -0.25) is 9.59 Å². The summed E-state index contributed by atoms with van der Waals surface area (Å²) >= 11 is 0. The van der Waals surface area contributed by atoms with E-state index in [1.807, 2.05) is 43.3 Å². The fourth-order valence-corrected chi connectivity index (χ4v) is 5.31. The van der Waals surface area contributed by atoms with Gasteiger partial charge in [-0.25, -0.2) is 4.79 Å². The fourth-order valence-electron chi connectivity index (χ4n) is 5.31. The van der Waals surface area contributed by atoms with Gasteiger partial charge in [0.15, 0.2) is 0 Å². The Labute approximate surface area is 199 Å². The first-order valence-corrected chi connectivity index (χ1v) is 12.1. The van der Waals surface area contributed by atoms with Gasteiger partial charge in [0.25, 0.3) is 0 Å². The van der Waals surface area contributed by atoms with E-state index in [9.17, 15) is 19.5 Å². The van der Waals surface area contributed by atoms with Gasteiger partial charge < -0.3 is 20.5 Å². The average Bonchev–Trinajstić information content (AvgIpc) is 3.16. The molecule has 2 aromatic rings. The van der Waals surface area contributed by atoms with Crippen LogP contribution in [0.3, 0.4) is 0 Å². The van der Waals surface area contributed by atoms with Crippen LogP contribution in [0.1, 0.15) is 68.9 Å². The van der Waals surface area contributed by atoms with Crippen molar-refractivity contribution in [2.24, 2.45) is 0 Å². The lowest BCUT2D eigenvalue weighted by Gasteiger charge is -2.38. The van der Waals surface area contributed by atoms with E-state index in [1.165, 1.54) is 0 Å². The number of ether oxygens (including phenoxy) is 1. The number of carbonyl (C=O) groups excluding carboxylic acids is 2. The van der Waals surface area contributed by atoms with Crippen LogP contribution in [0.4, 0.5) is 4.79 Å². The molecule has 4 rings (SSSR count). The monoisotopic (exact) mass is 464 g/mol. The molecule has 1 atom stereocenters. The minimum absolute atomic E-state index is 0.0974. The highest BCUT2D eigenvalue weighted by molar-refractivity contribution is 5.89. The van der Waals surface area contributed by atoms with Crippen molar-refractivity contribution in [2.45, 2.75) is 69.4 Å². The van der Waals surface area contributed by atoms with Crippen molar-refractivity contribution in [2.75, 3.05) is 6.61 Å². The summed E-state index contributed by atoms with van der Waals surface area (Å²) in [6.45, 7) is 2.12. The van der Waals surface area contributed by atoms with E-state index in [0.717, 1.165) is 60.8 Å². The fraction of sp³-hybridized carbons (Fsp3) is 0.444. The lowest BCUT2D eigenvalue weighted by molar-refractivity contribution is -0.140. The van der Waals surface area contributed by atoms with E-state index in [2.05, 4.69) is 22.8 Å². The number of carboxylic acids is 1. The minimum atomic E-state index is -1.20. The van der Waals surface area contributed by atoms with E-state index in [4.69, 9.17) is 4.74 Å². The molecule has 0 spiro atoms. The van der Waals surface area contributed by atoms with Crippen LogP contribution in [0.25, 0.3) is 11.1 Å². The van der Waals surface area contributed by atoms with Gasteiger partial charge in [-0.2, -0.15) is 0 Å². The lowest BCUT2D eigenvalue weighted by Crippen LogP contribution is -2.56. The molecule has 0 radical (unpaired) electrons. The predicted molar refractivity (Wildman–Crippen MR) is 128 cm³/mol. The van der Waals surface area contributed by atoms with Gasteiger partial charge in [0, 0.05) is 11.5 Å². The zero-order chi connectivity index (χ0) is 24.1. The van der Waals surface area contributed by atoms with E-state index >= 15 is 0 Å². The van der Waals surface area contributed by atoms with Gasteiger partial charge in [0.1, 0.15) is 12.6 Å². The van der Waals surface area contributed by atoms with Crippen LogP contribution in [0.15, 0.2) is 48.5 Å². The first-order chi connectivity index (χ1) is 16.4. The van der Waals surface area contributed by atoms with E-state index in [-0.39, 0.29) is 18.1 Å². The number of rotatable bonds is 8. The number of benzene rings is 2. The summed E-state index contributed by atoms with van der Waals surface area (Å²) in [5, 5.41) is 14.9. The summed E-state index contributed by atoms with van der Waals surface area (Å²) in [5.74, 6) is -1.75. The molecule has 7 heteroatoms. The lowest BCUT2D eigenvalue weighted by atomic mass is 9.79. The van der Waals surface area contributed by atoms with E-state index < -0.39 is 30.4 Å². The molecule has 1 fully saturated rings. The first kappa shape index (κ1) is 23.8. The zero-order valence-corrected chi connectivity index (χ0v) is 19.5. The Morgan fingerprint density at radius 2 is 1.59 bits per heavy atom. The van der Waals surface area contributed by atoms with E-state index in [1.54, 1.807) is 0 Å². The Bertz CT molecular complexity index is 1010. The van der Waals surface area contributed by atoms with E-state index in [0.29, 0.717) is 0 Å². The molecule has 7 nitrogen and oxygen atoms in total. The number of hydrogen-bond donors (Lipinski definition) is 3. The molecule has 34 heavy (non-hydrogen) atoms. The molecule has 2 aliphatic rings. The molecule has 180 valence electrons. The number of alkyl carbamates (subject to hydrolysis) is 1. The minimum Gasteiger partial charge on any atom is -0.481 e.